The maximum absolute atomic E-state index is 9.47. The molecule has 1 rings (SSSR count). The van der Waals surface area contributed by atoms with E-state index >= 15 is 0 Å². The molecule has 0 aromatic carbocycles. The molecule has 6 heteroatoms. The molecule has 0 aromatic heterocycles. The first-order chi connectivity index (χ1) is 9.50. The molecule has 1 aliphatic heterocycles. The minimum Gasteiger partial charge on any atom is -1.00 e. The third-order valence-electron chi connectivity index (χ3n) is 3.47. The Bertz CT molecular complexity index is 288. The Hall–Kier alpha value is -0.620. The molecule has 1 heterocycles. The molecule has 2 N–H and O–H groups in total. The normalized spacial score (nSPS) is 24.2. The number of likely N-dealkylation sites (N-methyl/N-ethyl adjacent to an activating group) is 1. The van der Waals surface area contributed by atoms with Crippen molar-refractivity contribution in [2.24, 2.45) is 5.73 Å². The predicted molar refractivity (Wildman–Crippen MR) is 80.8 cm³/mol. The van der Waals surface area contributed by atoms with E-state index in [1.807, 2.05) is 0 Å². The number of unbranched alkanes of at least 4 members (excludes halogenated alkanes) is 1. The van der Waals surface area contributed by atoms with E-state index in [0.29, 0.717) is 6.04 Å². The number of hydrogen-bond donors (Lipinski definition) is 1. The Kier molecular flexibility index (Phi) is 14.1. The summed E-state index contributed by atoms with van der Waals surface area (Å²) in [5.41, 5.74) is 4.53. The van der Waals surface area contributed by atoms with Crippen LogP contribution < -0.4 is 18.1 Å². The Labute approximate surface area is 135 Å². The van der Waals surface area contributed by atoms with Crippen molar-refractivity contribution in [2.75, 3.05) is 33.4 Å². The highest BCUT2D eigenvalue weighted by atomic mass is 35.5. The largest absolute Gasteiger partial charge is 1.00 e. The Morgan fingerprint density at radius 2 is 2.10 bits per heavy atom. The van der Waals surface area contributed by atoms with E-state index in [1.165, 1.54) is 19.3 Å². The van der Waals surface area contributed by atoms with Crippen molar-refractivity contribution in [3.63, 3.8) is 0 Å². The van der Waals surface area contributed by atoms with Gasteiger partial charge in [0.15, 0.2) is 0 Å². The maximum Gasteiger partial charge on any atom is 0.240 e. The standard InChI is InChI=1S/C12H26NO2.C3H5NO.ClH/c1-4-6-9-15-13(3)8-10-14-11-12(13)7-5-2;1-2-3(4)5;/h12H,4-11H2,1-3H3;2H,1H2,(H2,4,5);1H/q+1;;/p-1. The molecule has 1 amide bonds. The van der Waals surface area contributed by atoms with Crippen molar-refractivity contribution in [1.82, 2.24) is 0 Å². The monoisotopic (exact) mass is 322 g/mol. The number of halogens is 1. The number of rotatable bonds is 7. The molecule has 2 unspecified atom stereocenters. The van der Waals surface area contributed by atoms with Crippen LogP contribution in [0.5, 0.6) is 0 Å². The first-order valence-corrected chi connectivity index (χ1v) is 7.49. The molecule has 1 aliphatic rings. The summed E-state index contributed by atoms with van der Waals surface area (Å²) in [5.74, 6) is -0.481. The average molecular weight is 323 g/mol. The Morgan fingerprint density at radius 1 is 1.48 bits per heavy atom. The molecule has 0 bridgehead atoms. The van der Waals surface area contributed by atoms with Crippen LogP contribution in [0.4, 0.5) is 0 Å². The van der Waals surface area contributed by atoms with Gasteiger partial charge in [-0.2, -0.15) is 4.65 Å². The molecule has 0 aromatic rings. The fourth-order valence-electron chi connectivity index (χ4n) is 2.08. The number of primary amides is 1. The summed E-state index contributed by atoms with van der Waals surface area (Å²) in [6.07, 6.45) is 5.82. The van der Waals surface area contributed by atoms with Gasteiger partial charge in [-0.15, -0.1) is 0 Å². The third kappa shape index (κ3) is 9.85. The Morgan fingerprint density at radius 3 is 2.57 bits per heavy atom. The van der Waals surface area contributed by atoms with Crippen molar-refractivity contribution >= 4 is 5.91 Å². The van der Waals surface area contributed by atoms with Crippen LogP contribution in [0.25, 0.3) is 0 Å². The number of carbonyl (C=O) groups excluding carboxylic acids is 1. The smallest absolute Gasteiger partial charge is 0.240 e. The predicted octanol–water partition coefficient (Wildman–Crippen LogP) is -0.975. The first kappa shape index (κ1) is 22.7. The molecule has 0 spiro atoms. The first-order valence-electron chi connectivity index (χ1n) is 7.49. The van der Waals surface area contributed by atoms with Crippen molar-refractivity contribution < 1.29 is 31.4 Å². The average Bonchev–Trinajstić information content (AvgIpc) is 2.43. The molecule has 1 saturated heterocycles. The SMILES string of the molecule is C=CC(N)=O.CCCCO[N+]1(C)CCOCC1CCC.[Cl-]. The molecule has 1 fully saturated rings. The number of hydroxylamine groups is 3. The summed E-state index contributed by atoms with van der Waals surface area (Å²) in [5, 5.41) is 0. The number of hydrogen-bond acceptors (Lipinski definition) is 3. The summed E-state index contributed by atoms with van der Waals surface area (Å²) in [7, 11) is 2.21. The van der Waals surface area contributed by atoms with E-state index < -0.39 is 5.91 Å². The number of amides is 1. The zero-order valence-electron chi connectivity index (χ0n) is 13.6. The summed E-state index contributed by atoms with van der Waals surface area (Å²) in [6.45, 7) is 11.1. The lowest BCUT2D eigenvalue weighted by Crippen LogP contribution is -3.00. The van der Waals surface area contributed by atoms with Crippen molar-refractivity contribution in [1.29, 1.82) is 0 Å². The van der Waals surface area contributed by atoms with Crippen LogP contribution in [-0.4, -0.2) is 50.0 Å². The fraction of sp³-hybridized carbons (Fsp3) is 0.800. The molecule has 21 heavy (non-hydrogen) atoms. The number of nitrogens with zero attached hydrogens (tertiary/aromatic N) is 1. The van der Waals surface area contributed by atoms with Gasteiger partial charge in [-0.25, -0.2) is 4.84 Å². The van der Waals surface area contributed by atoms with Gasteiger partial charge in [-0.05, 0) is 12.5 Å². The highest BCUT2D eigenvalue weighted by Gasteiger charge is 2.37. The van der Waals surface area contributed by atoms with E-state index in [2.05, 4.69) is 33.2 Å². The maximum atomic E-state index is 9.47. The topological polar surface area (TPSA) is 61.6 Å². The third-order valence-corrected chi connectivity index (χ3v) is 3.47. The highest BCUT2D eigenvalue weighted by molar-refractivity contribution is 5.84. The molecule has 2 atom stereocenters. The summed E-state index contributed by atoms with van der Waals surface area (Å²) >= 11 is 0. The molecule has 0 radical (unpaired) electrons. The number of nitrogens with two attached hydrogens (primary N) is 1. The highest BCUT2D eigenvalue weighted by Crippen LogP contribution is 2.21. The molecular weight excluding hydrogens is 292 g/mol. The van der Waals surface area contributed by atoms with Gasteiger partial charge in [0.1, 0.15) is 25.8 Å². The van der Waals surface area contributed by atoms with Gasteiger partial charge in [0.05, 0.1) is 13.7 Å². The van der Waals surface area contributed by atoms with E-state index in [0.717, 1.165) is 43.5 Å². The van der Waals surface area contributed by atoms with Gasteiger partial charge in [-0.3, -0.25) is 4.79 Å². The van der Waals surface area contributed by atoms with Gasteiger partial charge in [0.2, 0.25) is 5.91 Å². The van der Waals surface area contributed by atoms with Crippen LogP contribution >= 0.6 is 0 Å². The van der Waals surface area contributed by atoms with Gasteiger partial charge >= 0.3 is 0 Å². The van der Waals surface area contributed by atoms with Crippen molar-refractivity contribution in [2.45, 2.75) is 45.6 Å². The van der Waals surface area contributed by atoms with Gasteiger partial charge in [-0.1, -0.05) is 33.3 Å². The minimum atomic E-state index is -0.481. The van der Waals surface area contributed by atoms with E-state index in [-0.39, 0.29) is 12.4 Å². The van der Waals surface area contributed by atoms with E-state index in [4.69, 9.17) is 9.57 Å². The summed E-state index contributed by atoms with van der Waals surface area (Å²) < 4.78 is 6.30. The molecule has 0 aliphatic carbocycles. The Balaban J connectivity index is 0. The molecule has 0 saturated carbocycles. The zero-order chi connectivity index (χ0) is 15.4. The van der Waals surface area contributed by atoms with Gasteiger partial charge in [0, 0.05) is 6.42 Å². The quantitative estimate of drug-likeness (QED) is 0.372. The van der Waals surface area contributed by atoms with Crippen LogP contribution in [0.1, 0.15) is 39.5 Å². The lowest BCUT2D eigenvalue weighted by Gasteiger charge is -2.41. The number of carbonyl (C=O) groups is 1. The zero-order valence-corrected chi connectivity index (χ0v) is 14.4. The second kappa shape index (κ2) is 13.1. The molecule has 5 nitrogen and oxygen atoms in total. The second-order valence-corrected chi connectivity index (χ2v) is 5.21. The fourth-order valence-corrected chi connectivity index (χ4v) is 2.08. The van der Waals surface area contributed by atoms with Gasteiger partial charge < -0.3 is 22.9 Å². The number of ether oxygens (including phenoxy) is 1. The van der Waals surface area contributed by atoms with Crippen LogP contribution in [0.15, 0.2) is 12.7 Å². The lowest BCUT2D eigenvalue weighted by atomic mass is 10.1. The number of quaternary nitrogens is 1. The number of morpholine rings is 1. The lowest BCUT2D eigenvalue weighted by molar-refractivity contribution is -1.11. The van der Waals surface area contributed by atoms with Crippen molar-refractivity contribution in [3.05, 3.63) is 12.7 Å². The van der Waals surface area contributed by atoms with E-state index in [9.17, 15) is 4.79 Å². The van der Waals surface area contributed by atoms with Crippen molar-refractivity contribution in [3.8, 4) is 0 Å². The second-order valence-electron chi connectivity index (χ2n) is 5.21. The van der Waals surface area contributed by atoms with Crippen LogP contribution in [0, 0.1) is 0 Å². The molecule has 126 valence electrons. The van der Waals surface area contributed by atoms with E-state index in [1.54, 1.807) is 0 Å². The summed E-state index contributed by atoms with van der Waals surface area (Å²) in [6, 6.07) is 0.528. The minimum absolute atomic E-state index is 0. The van der Waals surface area contributed by atoms with Gasteiger partial charge in [0.25, 0.3) is 0 Å². The van der Waals surface area contributed by atoms with Crippen LogP contribution in [0.2, 0.25) is 0 Å². The molecular formula is C15H31ClN2O3. The summed E-state index contributed by atoms with van der Waals surface area (Å²) in [4.78, 5) is 15.5. The van der Waals surface area contributed by atoms with Crippen LogP contribution in [0.3, 0.4) is 0 Å². The van der Waals surface area contributed by atoms with Crippen LogP contribution in [-0.2, 0) is 14.4 Å².